The summed E-state index contributed by atoms with van der Waals surface area (Å²) in [5.74, 6) is 0.958. The number of carbonyl (C=O) groups is 2. The van der Waals surface area contributed by atoms with Crippen molar-refractivity contribution in [1.82, 2.24) is 5.43 Å². The van der Waals surface area contributed by atoms with Gasteiger partial charge in [-0.1, -0.05) is 30.3 Å². The fourth-order valence-corrected chi connectivity index (χ4v) is 3.71. The minimum Gasteiger partial charge on any atom is -0.493 e. The molecular weight excluding hydrogens is 472 g/mol. The molecule has 0 aromatic heterocycles. The molecule has 0 saturated carbocycles. The first-order chi connectivity index (χ1) is 18.0. The van der Waals surface area contributed by atoms with Crippen LogP contribution in [0.15, 0.2) is 72.3 Å². The third kappa shape index (κ3) is 6.48. The molecule has 1 aliphatic rings. The van der Waals surface area contributed by atoms with Gasteiger partial charge in [0.2, 0.25) is 0 Å². The molecule has 2 amide bonds. The molecular formula is C29H30N2O6. The summed E-state index contributed by atoms with van der Waals surface area (Å²) in [6.45, 7) is 5.72. The zero-order valence-corrected chi connectivity index (χ0v) is 21.2. The average molecular weight is 503 g/mol. The Hall–Kier alpha value is -4.30. The van der Waals surface area contributed by atoms with Crippen molar-refractivity contribution in [3.8, 4) is 17.2 Å². The molecule has 37 heavy (non-hydrogen) atoms. The van der Waals surface area contributed by atoms with E-state index in [9.17, 15) is 9.59 Å². The minimum atomic E-state index is -0.466. The lowest BCUT2D eigenvalue weighted by Crippen LogP contribution is -2.35. The van der Waals surface area contributed by atoms with Crippen LogP contribution in [0.3, 0.4) is 0 Å². The van der Waals surface area contributed by atoms with Gasteiger partial charge in [0.25, 0.3) is 11.8 Å². The van der Waals surface area contributed by atoms with E-state index in [-0.39, 0.29) is 5.57 Å². The third-order valence-corrected chi connectivity index (χ3v) is 5.86. The second-order valence-corrected chi connectivity index (χ2v) is 8.44. The summed E-state index contributed by atoms with van der Waals surface area (Å²) < 4.78 is 22.6. The standard InChI is InChI=1S/C29H30N2O6/c1-20-9-11-24(17-21(20)2)36-15-13-35-14-16-37-26-12-10-22(19-27(26)34-3)18-25-28(32)30-31(29(25)33)23-7-5-4-6-8-23/h4-12,17-19H,13-16H2,1-3H3,(H,30,32). The third-order valence-electron chi connectivity index (χ3n) is 5.86. The molecule has 0 atom stereocenters. The summed E-state index contributed by atoms with van der Waals surface area (Å²) >= 11 is 0. The fourth-order valence-electron chi connectivity index (χ4n) is 3.71. The number of benzene rings is 3. The van der Waals surface area contributed by atoms with Gasteiger partial charge in [-0.2, -0.15) is 0 Å². The zero-order valence-electron chi connectivity index (χ0n) is 21.2. The molecule has 1 N–H and O–H groups in total. The molecule has 0 radical (unpaired) electrons. The van der Waals surface area contributed by atoms with E-state index in [0.29, 0.717) is 49.2 Å². The number of ether oxygens (including phenoxy) is 4. The van der Waals surface area contributed by atoms with Crippen LogP contribution in [0.2, 0.25) is 0 Å². The highest BCUT2D eigenvalue weighted by molar-refractivity contribution is 6.31. The van der Waals surface area contributed by atoms with Crippen LogP contribution in [0.1, 0.15) is 16.7 Å². The van der Waals surface area contributed by atoms with Crippen molar-refractivity contribution >= 4 is 23.6 Å². The maximum Gasteiger partial charge on any atom is 0.282 e. The molecule has 1 aliphatic heterocycles. The van der Waals surface area contributed by atoms with Crippen molar-refractivity contribution in [2.75, 3.05) is 38.5 Å². The van der Waals surface area contributed by atoms with Crippen LogP contribution >= 0.6 is 0 Å². The van der Waals surface area contributed by atoms with Gasteiger partial charge in [0.15, 0.2) is 11.5 Å². The number of hydrogen-bond acceptors (Lipinski definition) is 6. The molecule has 1 saturated heterocycles. The molecule has 3 aromatic rings. The van der Waals surface area contributed by atoms with Crippen molar-refractivity contribution in [3.05, 3.63) is 89.0 Å². The Morgan fingerprint density at radius 3 is 2.30 bits per heavy atom. The highest BCUT2D eigenvalue weighted by Gasteiger charge is 2.34. The van der Waals surface area contributed by atoms with Crippen LogP contribution in [-0.2, 0) is 14.3 Å². The lowest BCUT2D eigenvalue weighted by molar-refractivity contribution is -0.117. The summed E-state index contributed by atoms with van der Waals surface area (Å²) in [5, 5.41) is 1.23. The van der Waals surface area contributed by atoms with E-state index in [2.05, 4.69) is 19.3 Å². The van der Waals surface area contributed by atoms with Gasteiger partial charge in [0.05, 0.1) is 26.0 Å². The number of hydrazine groups is 1. The van der Waals surface area contributed by atoms with E-state index in [1.165, 1.54) is 29.3 Å². The molecule has 8 nitrogen and oxygen atoms in total. The highest BCUT2D eigenvalue weighted by atomic mass is 16.6. The predicted octanol–water partition coefficient (Wildman–Crippen LogP) is 4.25. The van der Waals surface area contributed by atoms with E-state index < -0.39 is 11.8 Å². The molecule has 0 unspecified atom stereocenters. The normalized spacial score (nSPS) is 14.1. The summed E-state index contributed by atoms with van der Waals surface area (Å²) in [6, 6.07) is 20.1. The SMILES string of the molecule is COc1cc(C=C2C(=O)NN(c3ccccc3)C2=O)ccc1OCCOCCOc1ccc(C)c(C)c1. The zero-order chi connectivity index (χ0) is 26.2. The van der Waals surface area contributed by atoms with Crippen LogP contribution < -0.4 is 24.6 Å². The minimum absolute atomic E-state index is 0.0380. The topological polar surface area (TPSA) is 86.3 Å². The van der Waals surface area contributed by atoms with Gasteiger partial charge < -0.3 is 18.9 Å². The quantitative estimate of drug-likeness (QED) is 0.240. The van der Waals surface area contributed by atoms with E-state index in [1.807, 2.05) is 24.3 Å². The van der Waals surface area contributed by atoms with Crippen LogP contribution in [0.25, 0.3) is 6.08 Å². The molecule has 0 spiro atoms. The lowest BCUT2D eigenvalue weighted by Gasteiger charge is -2.14. The van der Waals surface area contributed by atoms with Gasteiger partial charge >= 0.3 is 0 Å². The number of nitrogens with one attached hydrogen (secondary N) is 1. The van der Waals surface area contributed by atoms with Crippen molar-refractivity contribution in [1.29, 1.82) is 0 Å². The Morgan fingerprint density at radius 1 is 0.811 bits per heavy atom. The van der Waals surface area contributed by atoms with Gasteiger partial charge in [0.1, 0.15) is 24.5 Å². The Bertz CT molecular complexity index is 1290. The summed E-state index contributed by atoms with van der Waals surface area (Å²) in [5.41, 5.74) is 6.27. The second-order valence-electron chi connectivity index (χ2n) is 8.44. The van der Waals surface area contributed by atoms with Gasteiger partial charge in [-0.25, -0.2) is 5.01 Å². The number of carbonyl (C=O) groups excluding carboxylic acids is 2. The highest BCUT2D eigenvalue weighted by Crippen LogP contribution is 2.30. The largest absolute Gasteiger partial charge is 0.493 e. The fraction of sp³-hybridized carbons (Fsp3) is 0.241. The molecule has 192 valence electrons. The van der Waals surface area contributed by atoms with Crippen molar-refractivity contribution in [2.24, 2.45) is 0 Å². The summed E-state index contributed by atoms with van der Waals surface area (Å²) in [7, 11) is 1.53. The molecule has 1 fully saturated rings. The van der Waals surface area contributed by atoms with Crippen LogP contribution in [-0.4, -0.2) is 45.4 Å². The number of anilines is 1. The molecule has 0 aliphatic carbocycles. The number of hydrogen-bond donors (Lipinski definition) is 1. The Kier molecular flexibility index (Phi) is 8.43. The molecule has 1 heterocycles. The maximum absolute atomic E-state index is 12.8. The first-order valence-corrected chi connectivity index (χ1v) is 12.0. The first-order valence-electron chi connectivity index (χ1n) is 12.0. The Morgan fingerprint density at radius 2 is 1.57 bits per heavy atom. The van der Waals surface area contributed by atoms with Crippen molar-refractivity contribution < 1.29 is 28.5 Å². The number of amides is 2. The van der Waals surface area contributed by atoms with Crippen LogP contribution in [0, 0.1) is 13.8 Å². The Balaban J connectivity index is 1.27. The van der Waals surface area contributed by atoms with Gasteiger partial charge in [0, 0.05) is 0 Å². The number of aryl methyl sites for hydroxylation is 2. The molecule has 0 bridgehead atoms. The lowest BCUT2D eigenvalue weighted by atomic mass is 10.1. The van der Waals surface area contributed by atoms with Gasteiger partial charge in [-0.05, 0) is 73.0 Å². The van der Waals surface area contributed by atoms with Gasteiger partial charge in [-0.15, -0.1) is 0 Å². The van der Waals surface area contributed by atoms with Gasteiger partial charge in [-0.3, -0.25) is 15.0 Å². The molecule has 3 aromatic carbocycles. The number of rotatable bonds is 11. The number of para-hydroxylation sites is 1. The monoisotopic (exact) mass is 502 g/mol. The number of nitrogens with zero attached hydrogens (tertiary/aromatic N) is 1. The van der Waals surface area contributed by atoms with E-state index >= 15 is 0 Å². The molecule has 8 heteroatoms. The van der Waals surface area contributed by atoms with E-state index in [0.717, 1.165) is 5.75 Å². The smallest absolute Gasteiger partial charge is 0.282 e. The van der Waals surface area contributed by atoms with E-state index in [4.69, 9.17) is 18.9 Å². The second kappa shape index (κ2) is 12.1. The summed E-state index contributed by atoms with van der Waals surface area (Å²) in [4.78, 5) is 25.2. The Labute approximate surface area is 216 Å². The van der Waals surface area contributed by atoms with Crippen LogP contribution in [0.5, 0.6) is 17.2 Å². The van der Waals surface area contributed by atoms with Crippen LogP contribution in [0.4, 0.5) is 5.69 Å². The van der Waals surface area contributed by atoms with Crippen molar-refractivity contribution in [2.45, 2.75) is 13.8 Å². The predicted molar refractivity (Wildman–Crippen MR) is 141 cm³/mol. The number of methoxy groups -OCH3 is 1. The van der Waals surface area contributed by atoms with Crippen molar-refractivity contribution in [3.63, 3.8) is 0 Å². The average Bonchev–Trinajstić information content (AvgIpc) is 3.19. The maximum atomic E-state index is 12.8. The summed E-state index contributed by atoms with van der Waals surface area (Å²) in [6.07, 6.45) is 1.53. The first kappa shape index (κ1) is 25.8. The molecule has 4 rings (SSSR count). The van der Waals surface area contributed by atoms with E-state index in [1.54, 1.807) is 42.5 Å².